The lowest BCUT2D eigenvalue weighted by molar-refractivity contribution is -0.137. The van der Waals surface area contributed by atoms with Crippen LogP contribution in [0.3, 0.4) is 0 Å². The Kier molecular flexibility index (Phi) is 6.70. The van der Waals surface area contributed by atoms with Crippen molar-refractivity contribution in [2.24, 2.45) is 10.1 Å². The van der Waals surface area contributed by atoms with Crippen LogP contribution in [-0.4, -0.2) is 40.0 Å². The molecule has 0 fully saturated rings. The average molecular weight is 440 g/mol. The van der Waals surface area contributed by atoms with Gasteiger partial charge in [0.25, 0.3) is 11.8 Å². The lowest BCUT2D eigenvalue weighted by atomic mass is 10.00. The number of rotatable bonds is 8. The van der Waals surface area contributed by atoms with E-state index in [1.54, 1.807) is 0 Å². The number of carbonyl (C=O) groups is 3. The monoisotopic (exact) mass is 439 g/mol. The van der Waals surface area contributed by atoms with Crippen LogP contribution in [0.25, 0.3) is 10.1 Å². The second-order valence-corrected chi connectivity index (χ2v) is 7.39. The zero-order chi connectivity index (χ0) is 21.7. The number of nitrogens with zero attached hydrogens (tertiary/aromatic N) is 2. The van der Waals surface area contributed by atoms with Crippen molar-refractivity contribution in [1.29, 1.82) is 5.41 Å². The number of aromatic nitrogens is 1. The highest BCUT2D eigenvalue weighted by molar-refractivity contribution is 7.79. The van der Waals surface area contributed by atoms with Crippen molar-refractivity contribution in [3.05, 3.63) is 65.3 Å². The summed E-state index contributed by atoms with van der Waals surface area (Å²) in [4.78, 5) is 40.6. The molecule has 8 nitrogen and oxygen atoms in total. The first-order chi connectivity index (χ1) is 14.4. The van der Waals surface area contributed by atoms with Crippen LogP contribution >= 0.6 is 24.2 Å². The van der Waals surface area contributed by atoms with E-state index < -0.39 is 23.6 Å². The van der Waals surface area contributed by atoms with E-state index in [9.17, 15) is 14.4 Å². The number of benzene rings is 1. The van der Waals surface area contributed by atoms with E-state index in [4.69, 9.17) is 11.1 Å². The highest BCUT2D eigenvalue weighted by Crippen LogP contribution is 2.26. The highest BCUT2D eigenvalue weighted by atomic mass is 32.1. The molecule has 0 spiro atoms. The molecule has 152 valence electrons. The van der Waals surface area contributed by atoms with Gasteiger partial charge in [0.15, 0.2) is 5.71 Å². The molecule has 2 aromatic heterocycles. The van der Waals surface area contributed by atoms with Crippen molar-refractivity contribution < 1.29 is 14.4 Å². The van der Waals surface area contributed by atoms with Crippen LogP contribution < -0.4 is 11.1 Å². The number of amides is 2. The number of Topliss-reactive ketones (excluding diaryl/α,β-unsaturated/α-hetero) is 1. The molecule has 0 bridgehead atoms. The number of primary amides is 1. The normalized spacial score (nSPS) is 12.4. The van der Waals surface area contributed by atoms with Crippen molar-refractivity contribution >= 4 is 63.3 Å². The number of nitrogens with one attached hydrogen (secondary N) is 2. The van der Waals surface area contributed by atoms with Crippen LogP contribution in [0.2, 0.25) is 0 Å². The molecule has 0 aliphatic heterocycles. The summed E-state index contributed by atoms with van der Waals surface area (Å²) >= 11 is 5.28. The molecule has 0 saturated heterocycles. The molecule has 1 unspecified atom stereocenters. The predicted octanol–water partition coefficient (Wildman–Crippen LogP) is 1.73. The van der Waals surface area contributed by atoms with Gasteiger partial charge < -0.3 is 11.1 Å². The van der Waals surface area contributed by atoms with Crippen molar-refractivity contribution in [1.82, 2.24) is 10.3 Å². The van der Waals surface area contributed by atoms with Crippen molar-refractivity contribution in [3.63, 3.8) is 0 Å². The van der Waals surface area contributed by atoms with E-state index in [2.05, 4.69) is 27.5 Å². The van der Waals surface area contributed by atoms with E-state index in [1.165, 1.54) is 35.9 Å². The first-order valence-corrected chi connectivity index (χ1v) is 10.0. The first-order valence-electron chi connectivity index (χ1n) is 8.73. The molecule has 10 heteroatoms. The van der Waals surface area contributed by atoms with Gasteiger partial charge in [0.05, 0.1) is 5.71 Å². The number of thiol groups is 1. The highest BCUT2D eigenvalue weighted by Gasteiger charge is 2.29. The maximum absolute atomic E-state index is 12.8. The van der Waals surface area contributed by atoms with E-state index in [1.807, 2.05) is 29.6 Å². The number of hydrogen-bond acceptors (Lipinski definition) is 8. The Labute approximate surface area is 181 Å². The average Bonchev–Trinajstić information content (AvgIpc) is 3.16. The SMILES string of the molecule is N=C(/C(=N\S)C(=O)NC(Cc1csc2ccccc12)C(=O)C(N)=O)c1ccncc1. The lowest BCUT2D eigenvalue weighted by Crippen LogP contribution is -2.50. The zero-order valence-corrected chi connectivity index (χ0v) is 17.2. The summed E-state index contributed by atoms with van der Waals surface area (Å²) < 4.78 is 4.61. The summed E-state index contributed by atoms with van der Waals surface area (Å²) in [5.74, 6) is -2.91. The molecule has 1 atom stereocenters. The molecule has 2 heterocycles. The van der Waals surface area contributed by atoms with Gasteiger partial charge in [-0.1, -0.05) is 18.2 Å². The maximum atomic E-state index is 12.8. The number of hydrogen-bond donors (Lipinski definition) is 4. The number of ketones is 1. The second-order valence-electron chi connectivity index (χ2n) is 6.28. The Balaban J connectivity index is 1.85. The van der Waals surface area contributed by atoms with Crippen molar-refractivity contribution in [2.45, 2.75) is 12.5 Å². The van der Waals surface area contributed by atoms with Crippen LogP contribution in [0.1, 0.15) is 11.1 Å². The van der Waals surface area contributed by atoms with Crippen LogP contribution in [0.5, 0.6) is 0 Å². The van der Waals surface area contributed by atoms with Gasteiger partial charge in [0.2, 0.25) is 5.78 Å². The van der Waals surface area contributed by atoms with Gasteiger partial charge in [-0.2, -0.15) is 0 Å². The summed E-state index contributed by atoms with van der Waals surface area (Å²) in [5.41, 5.74) is 5.87. The minimum absolute atomic E-state index is 0.0694. The van der Waals surface area contributed by atoms with Crippen LogP contribution in [0.15, 0.2) is 58.6 Å². The Hall–Kier alpha value is -3.37. The fraction of sp³-hybridized carbons (Fsp3) is 0.100. The number of pyridine rings is 1. The Morgan fingerprint density at radius 1 is 1.20 bits per heavy atom. The number of carbonyl (C=O) groups excluding carboxylic acids is 3. The molecular weight excluding hydrogens is 422 g/mol. The largest absolute Gasteiger partial charge is 0.363 e. The van der Waals surface area contributed by atoms with Gasteiger partial charge in [-0.15, -0.1) is 11.3 Å². The molecule has 1 aromatic carbocycles. The molecule has 0 aliphatic rings. The van der Waals surface area contributed by atoms with Gasteiger partial charge in [-0.25, -0.2) is 4.40 Å². The molecule has 0 aliphatic carbocycles. The summed E-state index contributed by atoms with van der Waals surface area (Å²) in [6, 6.07) is 9.48. The molecule has 30 heavy (non-hydrogen) atoms. The van der Waals surface area contributed by atoms with Crippen molar-refractivity contribution in [3.8, 4) is 0 Å². The Morgan fingerprint density at radius 3 is 2.57 bits per heavy atom. The van der Waals surface area contributed by atoms with Crippen LogP contribution in [-0.2, 0) is 20.8 Å². The molecule has 4 N–H and O–H groups in total. The molecule has 0 radical (unpaired) electrons. The number of thiophene rings is 1. The van der Waals surface area contributed by atoms with E-state index >= 15 is 0 Å². The van der Waals surface area contributed by atoms with Gasteiger partial charge in [-0.3, -0.25) is 24.8 Å². The minimum atomic E-state index is -1.21. The predicted molar refractivity (Wildman–Crippen MR) is 119 cm³/mol. The van der Waals surface area contributed by atoms with E-state index in [0.717, 1.165) is 15.6 Å². The zero-order valence-electron chi connectivity index (χ0n) is 15.5. The summed E-state index contributed by atoms with van der Waals surface area (Å²) in [7, 11) is 0. The minimum Gasteiger partial charge on any atom is -0.363 e. The third kappa shape index (κ3) is 4.61. The second kappa shape index (κ2) is 9.42. The van der Waals surface area contributed by atoms with Gasteiger partial charge in [0.1, 0.15) is 6.04 Å². The van der Waals surface area contributed by atoms with Crippen LogP contribution in [0, 0.1) is 5.41 Å². The number of nitrogens with two attached hydrogens (primary N) is 1. The standard InChI is InChI=1S/C20H17N5O3S2/c21-16(11-5-7-23-8-6-11)17(25-29)20(28)24-14(18(26)19(22)27)9-12-10-30-15-4-2-1-3-13(12)15/h1-8,10,14,21,29H,9H2,(H2,22,27)(H,24,28)/b21-16?,25-17+. The fourth-order valence-corrected chi connectivity index (χ4v) is 4.05. The van der Waals surface area contributed by atoms with Gasteiger partial charge in [0, 0.05) is 29.1 Å². The maximum Gasteiger partial charge on any atom is 0.287 e. The van der Waals surface area contributed by atoms with Gasteiger partial charge in [-0.05, 0) is 47.3 Å². The molecule has 3 rings (SSSR count). The van der Waals surface area contributed by atoms with E-state index in [-0.39, 0.29) is 17.8 Å². The summed E-state index contributed by atoms with van der Waals surface area (Å²) in [5, 5.41) is 13.5. The van der Waals surface area contributed by atoms with Crippen LogP contribution in [0.4, 0.5) is 0 Å². The quantitative estimate of drug-likeness (QED) is 0.241. The number of fused-ring (bicyclic) bond motifs is 1. The lowest BCUT2D eigenvalue weighted by Gasteiger charge is -2.17. The molecular formula is C20H17N5O3S2. The third-order valence-corrected chi connectivity index (χ3v) is 5.58. The molecule has 0 saturated carbocycles. The third-order valence-electron chi connectivity index (χ3n) is 4.37. The summed E-state index contributed by atoms with van der Waals surface area (Å²) in [6.07, 6.45) is 3.01. The molecule has 3 aromatic rings. The first kappa shape index (κ1) is 21.3. The topological polar surface area (TPSA) is 138 Å². The summed E-state index contributed by atoms with van der Waals surface area (Å²) in [6.45, 7) is 0. The molecule has 2 amide bonds. The Morgan fingerprint density at radius 2 is 1.90 bits per heavy atom. The Bertz CT molecular complexity index is 1160. The smallest absolute Gasteiger partial charge is 0.287 e. The van der Waals surface area contributed by atoms with Crippen molar-refractivity contribution in [2.75, 3.05) is 0 Å². The van der Waals surface area contributed by atoms with E-state index in [0.29, 0.717) is 5.56 Å². The van der Waals surface area contributed by atoms with Gasteiger partial charge >= 0.3 is 0 Å². The fourth-order valence-electron chi connectivity index (χ4n) is 2.88.